The van der Waals surface area contributed by atoms with Gasteiger partial charge in [-0.2, -0.15) is 5.10 Å². The van der Waals surface area contributed by atoms with Gasteiger partial charge < -0.3 is 10.3 Å². The van der Waals surface area contributed by atoms with Crippen LogP contribution in [0.5, 0.6) is 0 Å². The fraction of sp³-hybridized carbons (Fsp3) is 0.143. The first-order valence-corrected chi connectivity index (χ1v) is 12.2. The molecule has 6 rings (SSSR count). The Labute approximate surface area is 216 Å². The number of rotatable bonds is 6. The second kappa shape index (κ2) is 9.47. The summed E-state index contributed by atoms with van der Waals surface area (Å²) in [6, 6.07) is 10.5. The van der Waals surface area contributed by atoms with Crippen LogP contribution < -0.4 is 5.32 Å². The zero-order valence-corrected chi connectivity index (χ0v) is 20.7. The maximum absolute atomic E-state index is 14.1. The van der Waals surface area contributed by atoms with Crippen LogP contribution in [-0.2, 0) is 4.79 Å². The number of fused-ring (bicyclic) bond motifs is 2. The van der Waals surface area contributed by atoms with E-state index < -0.39 is 0 Å². The second-order valence-corrected chi connectivity index (χ2v) is 9.11. The van der Waals surface area contributed by atoms with Crippen molar-refractivity contribution in [1.82, 2.24) is 35.1 Å². The van der Waals surface area contributed by atoms with E-state index in [0.717, 1.165) is 23.1 Å². The number of imidazole rings is 1. The molecule has 0 bridgehead atoms. The fourth-order valence-corrected chi connectivity index (χ4v) is 4.47. The number of benzene rings is 1. The van der Waals surface area contributed by atoms with Crippen molar-refractivity contribution in [2.45, 2.75) is 26.7 Å². The van der Waals surface area contributed by atoms with E-state index in [-0.39, 0.29) is 11.7 Å². The Morgan fingerprint density at radius 3 is 2.66 bits per heavy atom. The molecule has 3 N–H and O–H groups in total. The third-order valence-corrected chi connectivity index (χ3v) is 6.17. The molecule has 0 aliphatic carbocycles. The summed E-state index contributed by atoms with van der Waals surface area (Å²) in [5.41, 5.74) is 7.53. The molecule has 9 nitrogen and oxygen atoms in total. The SMILES string of the molecule is CCCC(=O)Nc1cncc(-c2ccc3[nH]nc(-c4nc5c(-c6cc(C)cc(F)c6)cncc5[nH]4)c3n2)c1. The largest absolute Gasteiger partial charge is 0.335 e. The molecular weight excluding hydrogens is 483 g/mol. The predicted octanol–water partition coefficient (Wildman–Crippen LogP) is 5.81. The number of halogens is 1. The molecule has 1 aromatic carbocycles. The van der Waals surface area contributed by atoms with E-state index in [1.165, 1.54) is 12.1 Å². The first-order valence-electron chi connectivity index (χ1n) is 12.2. The van der Waals surface area contributed by atoms with E-state index in [0.29, 0.717) is 57.0 Å². The lowest BCUT2D eigenvalue weighted by Gasteiger charge is -2.06. The van der Waals surface area contributed by atoms with Crippen molar-refractivity contribution in [3.63, 3.8) is 0 Å². The Bertz CT molecular complexity index is 1800. The summed E-state index contributed by atoms with van der Waals surface area (Å²) in [5, 5.41) is 10.4. The van der Waals surface area contributed by atoms with Crippen molar-refractivity contribution in [3.8, 4) is 33.9 Å². The molecule has 0 aliphatic rings. The molecule has 0 atom stereocenters. The zero-order chi connectivity index (χ0) is 26.2. The van der Waals surface area contributed by atoms with Crippen LogP contribution in [0, 0.1) is 12.7 Å². The van der Waals surface area contributed by atoms with E-state index in [9.17, 15) is 9.18 Å². The Hall–Kier alpha value is -4.99. The monoisotopic (exact) mass is 506 g/mol. The van der Waals surface area contributed by atoms with Gasteiger partial charge in [0.05, 0.1) is 40.3 Å². The third kappa shape index (κ3) is 4.36. The molecule has 0 fully saturated rings. The number of aromatic amines is 2. The summed E-state index contributed by atoms with van der Waals surface area (Å²) in [6.45, 7) is 3.80. The zero-order valence-electron chi connectivity index (χ0n) is 20.7. The average Bonchev–Trinajstić information content (AvgIpc) is 3.52. The lowest BCUT2D eigenvalue weighted by atomic mass is 10.0. The number of pyridine rings is 3. The van der Waals surface area contributed by atoms with Crippen molar-refractivity contribution in [2.24, 2.45) is 0 Å². The van der Waals surface area contributed by atoms with Crippen molar-refractivity contribution >= 4 is 33.7 Å². The minimum atomic E-state index is -0.314. The molecule has 0 aliphatic heterocycles. The summed E-state index contributed by atoms with van der Waals surface area (Å²) in [5.74, 6) is 0.141. The molecule has 10 heteroatoms. The van der Waals surface area contributed by atoms with Gasteiger partial charge in [0.25, 0.3) is 0 Å². The highest BCUT2D eigenvalue weighted by Gasteiger charge is 2.18. The summed E-state index contributed by atoms with van der Waals surface area (Å²) in [7, 11) is 0. The van der Waals surface area contributed by atoms with Crippen LogP contribution in [0.3, 0.4) is 0 Å². The summed E-state index contributed by atoms with van der Waals surface area (Å²) in [4.78, 5) is 33.5. The van der Waals surface area contributed by atoms with Crippen LogP contribution in [0.2, 0.25) is 0 Å². The highest BCUT2D eigenvalue weighted by molar-refractivity contribution is 5.96. The number of hydrogen-bond donors (Lipinski definition) is 3. The molecule has 0 unspecified atom stereocenters. The number of H-pyrrole nitrogens is 2. The number of carbonyl (C=O) groups is 1. The lowest BCUT2D eigenvalue weighted by molar-refractivity contribution is -0.116. The van der Waals surface area contributed by atoms with Crippen molar-refractivity contribution in [1.29, 1.82) is 0 Å². The summed E-state index contributed by atoms with van der Waals surface area (Å²) < 4.78 is 14.1. The standard InChI is InChI=1S/C28H23FN8O/c1-3-4-24(38)32-19-10-17(11-30-12-19)21-5-6-22-26(33-21)27(37-36-22)28-34-23-14-31-13-20(25(23)35-28)16-7-15(2)8-18(29)9-16/h5-14H,3-4H2,1-2H3,(H,32,38)(H,34,35)(H,36,37). The first-order chi connectivity index (χ1) is 18.5. The second-order valence-electron chi connectivity index (χ2n) is 9.11. The van der Waals surface area contributed by atoms with E-state index in [1.807, 2.05) is 38.1 Å². The van der Waals surface area contributed by atoms with Crippen LogP contribution in [0.15, 0.2) is 61.2 Å². The molecule has 5 heterocycles. The smallest absolute Gasteiger partial charge is 0.224 e. The van der Waals surface area contributed by atoms with E-state index in [2.05, 4.69) is 30.5 Å². The molecular formula is C28H23FN8O. The molecule has 188 valence electrons. The Kier molecular flexibility index (Phi) is 5.83. The Morgan fingerprint density at radius 1 is 0.947 bits per heavy atom. The van der Waals surface area contributed by atoms with Gasteiger partial charge in [0.1, 0.15) is 11.3 Å². The maximum atomic E-state index is 14.1. The normalized spacial score (nSPS) is 11.3. The highest BCUT2D eigenvalue weighted by atomic mass is 19.1. The van der Waals surface area contributed by atoms with E-state index >= 15 is 0 Å². The van der Waals surface area contributed by atoms with Crippen LogP contribution in [0.1, 0.15) is 25.3 Å². The van der Waals surface area contributed by atoms with Gasteiger partial charge in [-0.1, -0.05) is 13.0 Å². The quantitative estimate of drug-likeness (QED) is 0.262. The minimum absolute atomic E-state index is 0.0564. The van der Waals surface area contributed by atoms with Crippen molar-refractivity contribution < 1.29 is 9.18 Å². The van der Waals surface area contributed by atoms with Crippen molar-refractivity contribution in [3.05, 3.63) is 72.6 Å². The number of nitrogens with one attached hydrogen (secondary N) is 3. The fourth-order valence-electron chi connectivity index (χ4n) is 4.47. The number of amides is 1. The highest BCUT2D eigenvalue weighted by Crippen LogP contribution is 2.32. The number of aryl methyl sites for hydroxylation is 1. The van der Waals surface area contributed by atoms with Gasteiger partial charge in [0.15, 0.2) is 11.5 Å². The van der Waals surface area contributed by atoms with Crippen molar-refractivity contribution in [2.75, 3.05) is 5.32 Å². The van der Waals surface area contributed by atoms with Crippen LogP contribution in [0.25, 0.3) is 56.0 Å². The molecule has 0 saturated carbocycles. The summed E-state index contributed by atoms with van der Waals surface area (Å²) in [6.07, 6.45) is 7.88. The average molecular weight is 507 g/mol. The van der Waals surface area contributed by atoms with Gasteiger partial charge in [-0.15, -0.1) is 0 Å². The Morgan fingerprint density at radius 2 is 1.82 bits per heavy atom. The third-order valence-electron chi connectivity index (χ3n) is 6.17. The molecule has 6 aromatic rings. The number of anilines is 1. The number of nitrogens with zero attached hydrogens (tertiary/aromatic N) is 5. The van der Waals surface area contributed by atoms with Gasteiger partial charge in [-0.05, 0) is 54.8 Å². The van der Waals surface area contributed by atoms with Crippen LogP contribution in [-0.4, -0.2) is 41.0 Å². The number of hydrogen-bond acceptors (Lipinski definition) is 6. The molecule has 38 heavy (non-hydrogen) atoms. The van der Waals surface area contributed by atoms with Gasteiger partial charge in [0, 0.05) is 29.9 Å². The topological polar surface area (TPSA) is 125 Å². The van der Waals surface area contributed by atoms with Gasteiger partial charge >= 0.3 is 0 Å². The van der Waals surface area contributed by atoms with Gasteiger partial charge in [-0.3, -0.25) is 19.9 Å². The molecule has 5 aromatic heterocycles. The number of aromatic nitrogens is 7. The molecule has 0 spiro atoms. The minimum Gasteiger partial charge on any atom is -0.335 e. The first kappa shape index (κ1) is 23.4. The predicted molar refractivity (Wildman–Crippen MR) is 144 cm³/mol. The van der Waals surface area contributed by atoms with Gasteiger partial charge in [0.2, 0.25) is 5.91 Å². The van der Waals surface area contributed by atoms with Crippen LogP contribution in [0.4, 0.5) is 10.1 Å². The number of carbonyl (C=O) groups excluding carboxylic acids is 1. The molecule has 0 radical (unpaired) electrons. The maximum Gasteiger partial charge on any atom is 0.224 e. The molecule has 0 saturated heterocycles. The molecule has 1 amide bonds. The summed E-state index contributed by atoms with van der Waals surface area (Å²) >= 11 is 0. The lowest BCUT2D eigenvalue weighted by Crippen LogP contribution is -2.10. The van der Waals surface area contributed by atoms with Crippen LogP contribution >= 0.6 is 0 Å². The van der Waals surface area contributed by atoms with Gasteiger partial charge in [-0.25, -0.2) is 14.4 Å². The Balaban J connectivity index is 1.41. The van der Waals surface area contributed by atoms with E-state index in [4.69, 9.17) is 9.97 Å². The van der Waals surface area contributed by atoms with E-state index in [1.54, 1.807) is 24.8 Å².